The van der Waals surface area contributed by atoms with E-state index in [9.17, 15) is 4.79 Å². The summed E-state index contributed by atoms with van der Waals surface area (Å²) in [5, 5.41) is 12.3. The van der Waals surface area contributed by atoms with Crippen molar-refractivity contribution in [3.63, 3.8) is 0 Å². The lowest BCUT2D eigenvalue weighted by atomic mass is 10.0. The third-order valence-electron chi connectivity index (χ3n) is 4.86. The second-order valence-electron chi connectivity index (χ2n) is 6.53. The zero-order valence-corrected chi connectivity index (χ0v) is 14.5. The lowest BCUT2D eigenvalue weighted by Crippen LogP contribution is -2.43. The zero-order chi connectivity index (χ0) is 17.5. The molecule has 0 spiro atoms. The van der Waals surface area contributed by atoms with E-state index < -0.39 is 0 Å². The molecule has 1 aliphatic rings. The summed E-state index contributed by atoms with van der Waals surface area (Å²) in [6, 6.07) is 18.4. The van der Waals surface area contributed by atoms with Gasteiger partial charge in [-0.3, -0.25) is 0 Å². The Kier molecular flexibility index (Phi) is 6.07. The Morgan fingerprint density at radius 2 is 1.60 bits per heavy atom. The standard InChI is InChI=1S/C21H26N2O2/c24-16-6-11-20(19-9-2-1-3-10-19)22-21(25)23-14-12-17-7-4-5-8-18(17)13-15-23/h1-5,7-10,20,24H,6,11-16H2,(H,22,25). The highest BCUT2D eigenvalue weighted by atomic mass is 16.3. The number of nitrogens with zero attached hydrogens (tertiary/aromatic N) is 1. The number of amides is 2. The van der Waals surface area contributed by atoms with Crippen LogP contribution in [0.2, 0.25) is 0 Å². The molecule has 2 amide bonds. The van der Waals surface area contributed by atoms with Crippen LogP contribution in [0, 0.1) is 0 Å². The molecule has 1 atom stereocenters. The number of nitrogens with one attached hydrogen (secondary N) is 1. The quantitative estimate of drug-likeness (QED) is 0.879. The first kappa shape index (κ1) is 17.5. The molecular weight excluding hydrogens is 312 g/mol. The van der Waals surface area contributed by atoms with E-state index in [0.717, 1.165) is 37.9 Å². The molecule has 0 saturated carbocycles. The highest BCUT2D eigenvalue weighted by Crippen LogP contribution is 2.20. The topological polar surface area (TPSA) is 52.6 Å². The van der Waals surface area contributed by atoms with Gasteiger partial charge in [0.1, 0.15) is 0 Å². The minimum absolute atomic E-state index is 0.0143. The van der Waals surface area contributed by atoms with Crippen LogP contribution in [0.5, 0.6) is 0 Å². The summed E-state index contributed by atoms with van der Waals surface area (Å²) in [5.74, 6) is 0. The molecule has 4 heteroatoms. The molecule has 0 aromatic heterocycles. The predicted octanol–water partition coefficient (Wildman–Crippen LogP) is 3.31. The summed E-state index contributed by atoms with van der Waals surface area (Å²) in [5.41, 5.74) is 3.78. The second kappa shape index (κ2) is 8.67. The van der Waals surface area contributed by atoms with E-state index in [1.54, 1.807) is 0 Å². The van der Waals surface area contributed by atoms with Crippen LogP contribution in [0.4, 0.5) is 4.79 Å². The van der Waals surface area contributed by atoms with Crippen molar-refractivity contribution < 1.29 is 9.90 Å². The molecule has 1 aliphatic heterocycles. The van der Waals surface area contributed by atoms with Crippen LogP contribution in [0.15, 0.2) is 54.6 Å². The molecule has 0 radical (unpaired) electrons. The third kappa shape index (κ3) is 4.60. The van der Waals surface area contributed by atoms with Crippen LogP contribution in [-0.4, -0.2) is 35.7 Å². The molecule has 132 valence electrons. The minimum atomic E-state index is -0.0634. The number of aliphatic hydroxyl groups excluding tert-OH is 1. The van der Waals surface area contributed by atoms with E-state index in [0.29, 0.717) is 6.42 Å². The van der Waals surface area contributed by atoms with Crippen molar-refractivity contribution in [2.24, 2.45) is 0 Å². The molecule has 0 bridgehead atoms. The Balaban J connectivity index is 1.65. The van der Waals surface area contributed by atoms with Gasteiger partial charge in [0.05, 0.1) is 6.04 Å². The lowest BCUT2D eigenvalue weighted by Gasteiger charge is -2.25. The number of benzene rings is 2. The van der Waals surface area contributed by atoms with E-state index in [1.165, 1.54) is 11.1 Å². The maximum Gasteiger partial charge on any atom is 0.317 e. The first-order valence-corrected chi connectivity index (χ1v) is 9.06. The molecule has 1 heterocycles. The first-order chi connectivity index (χ1) is 12.3. The van der Waals surface area contributed by atoms with E-state index in [2.05, 4.69) is 29.6 Å². The van der Waals surface area contributed by atoms with Gasteiger partial charge in [0.25, 0.3) is 0 Å². The van der Waals surface area contributed by atoms with Crippen LogP contribution in [0.1, 0.15) is 35.6 Å². The van der Waals surface area contributed by atoms with Gasteiger partial charge in [0.15, 0.2) is 0 Å². The molecule has 0 saturated heterocycles. The normalized spacial score (nSPS) is 15.2. The summed E-state index contributed by atoms with van der Waals surface area (Å²) < 4.78 is 0. The van der Waals surface area contributed by atoms with E-state index in [-0.39, 0.29) is 18.7 Å². The summed E-state index contributed by atoms with van der Waals surface area (Å²) in [4.78, 5) is 14.7. The van der Waals surface area contributed by atoms with Crippen molar-refractivity contribution in [2.45, 2.75) is 31.7 Å². The molecule has 25 heavy (non-hydrogen) atoms. The molecule has 2 aromatic carbocycles. The average Bonchev–Trinajstić information content (AvgIpc) is 2.88. The molecule has 0 aliphatic carbocycles. The maximum absolute atomic E-state index is 12.8. The molecule has 0 fully saturated rings. The van der Waals surface area contributed by atoms with Crippen LogP contribution < -0.4 is 5.32 Å². The highest BCUT2D eigenvalue weighted by molar-refractivity contribution is 5.75. The summed E-state index contributed by atoms with van der Waals surface area (Å²) in [6.07, 6.45) is 3.21. The summed E-state index contributed by atoms with van der Waals surface area (Å²) >= 11 is 0. The molecular formula is C21H26N2O2. The molecule has 2 aromatic rings. The van der Waals surface area contributed by atoms with Crippen molar-refractivity contribution in [3.8, 4) is 0 Å². The number of carbonyl (C=O) groups is 1. The Morgan fingerprint density at radius 1 is 1.00 bits per heavy atom. The first-order valence-electron chi connectivity index (χ1n) is 9.06. The molecule has 2 N–H and O–H groups in total. The number of carbonyl (C=O) groups excluding carboxylic acids is 1. The van der Waals surface area contributed by atoms with E-state index in [1.807, 2.05) is 35.2 Å². The van der Waals surface area contributed by atoms with Crippen molar-refractivity contribution in [2.75, 3.05) is 19.7 Å². The number of urea groups is 1. The van der Waals surface area contributed by atoms with Crippen LogP contribution in [0.3, 0.4) is 0 Å². The van der Waals surface area contributed by atoms with Gasteiger partial charge in [-0.05, 0) is 42.4 Å². The maximum atomic E-state index is 12.8. The van der Waals surface area contributed by atoms with Crippen molar-refractivity contribution in [1.29, 1.82) is 0 Å². The number of hydrogen-bond acceptors (Lipinski definition) is 2. The van der Waals surface area contributed by atoms with Gasteiger partial charge in [-0.2, -0.15) is 0 Å². The summed E-state index contributed by atoms with van der Waals surface area (Å²) in [6.45, 7) is 1.62. The Bertz CT molecular complexity index is 660. The van der Waals surface area contributed by atoms with Gasteiger partial charge < -0.3 is 15.3 Å². The lowest BCUT2D eigenvalue weighted by molar-refractivity contribution is 0.193. The molecule has 4 nitrogen and oxygen atoms in total. The minimum Gasteiger partial charge on any atom is -0.396 e. The average molecular weight is 338 g/mol. The molecule has 3 rings (SSSR count). The number of fused-ring (bicyclic) bond motifs is 1. The van der Waals surface area contributed by atoms with Crippen LogP contribution in [0.25, 0.3) is 0 Å². The summed E-state index contributed by atoms with van der Waals surface area (Å²) in [7, 11) is 0. The Morgan fingerprint density at radius 3 is 2.20 bits per heavy atom. The number of aliphatic hydroxyl groups is 1. The van der Waals surface area contributed by atoms with Crippen molar-refractivity contribution in [1.82, 2.24) is 10.2 Å². The predicted molar refractivity (Wildman–Crippen MR) is 99.5 cm³/mol. The largest absolute Gasteiger partial charge is 0.396 e. The Labute approximate surface area is 149 Å². The fourth-order valence-electron chi connectivity index (χ4n) is 3.41. The number of hydrogen-bond donors (Lipinski definition) is 2. The smallest absolute Gasteiger partial charge is 0.317 e. The van der Waals surface area contributed by atoms with Crippen molar-refractivity contribution in [3.05, 3.63) is 71.3 Å². The number of rotatable bonds is 5. The molecule has 1 unspecified atom stereocenters. The van der Waals surface area contributed by atoms with Gasteiger partial charge in [0, 0.05) is 19.7 Å². The monoisotopic (exact) mass is 338 g/mol. The van der Waals surface area contributed by atoms with Crippen LogP contribution >= 0.6 is 0 Å². The zero-order valence-electron chi connectivity index (χ0n) is 14.5. The van der Waals surface area contributed by atoms with Crippen LogP contribution in [-0.2, 0) is 12.8 Å². The fourth-order valence-corrected chi connectivity index (χ4v) is 3.41. The van der Waals surface area contributed by atoms with Gasteiger partial charge in [-0.25, -0.2) is 4.79 Å². The van der Waals surface area contributed by atoms with Gasteiger partial charge in [-0.15, -0.1) is 0 Å². The van der Waals surface area contributed by atoms with E-state index >= 15 is 0 Å². The Hall–Kier alpha value is -2.33. The third-order valence-corrected chi connectivity index (χ3v) is 4.86. The van der Waals surface area contributed by atoms with Gasteiger partial charge >= 0.3 is 6.03 Å². The fraction of sp³-hybridized carbons (Fsp3) is 0.381. The van der Waals surface area contributed by atoms with E-state index in [4.69, 9.17) is 5.11 Å². The second-order valence-corrected chi connectivity index (χ2v) is 6.53. The van der Waals surface area contributed by atoms with Gasteiger partial charge in [-0.1, -0.05) is 54.6 Å². The highest BCUT2D eigenvalue weighted by Gasteiger charge is 2.21. The SMILES string of the molecule is O=C(NC(CCCO)c1ccccc1)N1CCc2ccccc2CC1. The van der Waals surface area contributed by atoms with Crippen molar-refractivity contribution >= 4 is 6.03 Å². The van der Waals surface area contributed by atoms with Gasteiger partial charge in [0.2, 0.25) is 0 Å².